The van der Waals surface area contributed by atoms with Crippen LogP contribution in [0.15, 0.2) is 30.6 Å². The molecule has 6 heteroatoms. The fourth-order valence-corrected chi connectivity index (χ4v) is 2.45. The van der Waals surface area contributed by atoms with Crippen LogP contribution in [0.25, 0.3) is 5.52 Å². The molecule has 2 aromatic heterocycles. The lowest BCUT2D eigenvalue weighted by atomic mass is 10.1. The van der Waals surface area contributed by atoms with Gasteiger partial charge in [0, 0.05) is 25.3 Å². The molecular formula is C14H18N4O2. The molecule has 0 bridgehead atoms. The smallest absolute Gasteiger partial charge is 0.257 e. The molecule has 20 heavy (non-hydrogen) atoms. The summed E-state index contributed by atoms with van der Waals surface area (Å²) in [6, 6.07) is 5.59. The minimum atomic E-state index is -0.102. The second kappa shape index (κ2) is 5.22. The Balaban J connectivity index is 1.85. The molecule has 3 heterocycles. The average Bonchev–Trinajstić information content (AvgIpc) is 2.90. The largest absolute Gasteiger partial charge is 0.373 e. The minimum absolute atomic E-state index is 0.0137. The summed E-state index contributed by atoms with van der Waals surface area (Å²) in [4.78, 5) is 14.4. The van der Waals surface area contributed by atoms with Gasteiger partial charge in [-0.3, -0.25) is 4.79 Å². The summed E-state index contributed by atoms with van der Waals surface area (Å²) in [5.74, 6) is -0.0137. The van der Waals surface area contributed by atoms with Crippen LogP contribution in [0.5, 0.6) is 0 Å². The Bertz CT molecular complexity index is 622. The third-order valence-electron chi connectivity index (χ3n) is 3.62. The standard InChI is InChI=1S/C14H18N4O2/c1-10(15)13-9-17(6-7-20-13)14(19)11-8-16-18-5-3-2-4-12(11)18/h2-5,8,10,13H,6-7,9,15H2,1H3. The van der Waals surface area contributed by atoms with Crippen LogP contribution < -0.4 is 5.73 Å². The molecule has 2 N–H and O–H groups in total. The summed E-state index contributed by atoms with van der Waals surface area (Å²) < 4.78 is 7.29. The number of fused-ring (bicyclic) bond motifs is 1. The van der Waals surface area contributed by atoms with Crippen molar-refractivity contribution in [2.75, 3.05) is 19.7 Å². The van der Waals surface area contributed by atoms with Gasteiger partial charge in [-0.15, -0.1) is 0 Å². The highest BCUT2D eigenvalue weighted by molar-refractivity contribution is 6.00. The van der Waals surface area contributed by atoms with E-state index in [1.807, 2.05) is 31.3 Å². The zero-order valence-electron chi connectivity index (χ0n) is 11.4. The molecule has 1 fully saturated rings. The molecule has 1 aliphatic rings. The van der Waals surface area contributed by atoms with Crippen molar-refractivity contribution in [1.29, 1.82) is 0 Å². The number of aromatic nitrogens is 2. The molecule has 0 saturated carbocycles. The Morgan fingerprint density at radius 2 is 2.40 bits per heavy atom. The van der Waals surface area contributed by atoms with Crippen molar-refractivity contribution in [2.24, 2.45) is 5.73 Å². The number of amides is 1. The van der Waals surface area contributed by atoms with E-state index in [1.165, 1.54) is 0 Å². The van der Waals surface area contributed by atoms with Gasteiger partial charge in [-0.25, -0.2) is 4.52 Å². The van der Waals surface area contributed by atoms with Gasteiger partial charge in [-0.2, -0.15) is 5.10 Å². The highest BCUT2D eigenvalue weighted by atomic mass is 16.5. The minimum Gasteiger partial charge on any atom is -0.373 e. The van der Waals surface area contributed by atoms with Crippen LogP contribution in [-0.2, 0) is 4.74 Å². The van der Waals surface area contributed by atoms with Crippen LogP contribution in [0.2, 0.25) is 0 Å². The number of morpholine rings is 1. The lowest BCUT2D eigenvalue weighted by Crippen LogP contribution is -2.51. The number of pyridine rings is 1. The molecule has 3 rings (SSSR count). The number of rotatable bonds is 2. The zero-order valence-corrected chi connectivity index (χ0v) is 11.4. The van der Waals surface area contributed by atoms with E-state index in [2.05, 4.69) is 5.10 Å². The first-order valence-corrected chi connectivity index (χ1v) is 6.75. The summed E-state index contributed by atoms with van der Waals surface area (Å²) in [6.07, 6.45) is 3.35. The topological polar surface area (TPSA) is 72.9 Å². The van der Waals surface area contributed by atoms with Gasteiger partial charge in [0.15, 0.2) is 0 Å². The fourth-order valence-electron chi connectivity index (χ4n) is 2.45. The number of ether oxygens (including phenoxy) is 1. The molecule has 1 saturated heterocycles. The monoisotopic (exact) mass is 274 g/mol. The molecule has 2 atom stereocenters. The second-order valence-corrected chi connectivity index (χ2v) is 5.11. The van der Waals surface area contributed by atoms with Gasteiger partial charge in [0.05, 0.1) is 30.0 Å². The summed E-state index contributed by atoms with van der Waals surface area (Å²) in [5.41, 5.74) is 7.30. The van der Waals surface area contributed by atoms with Crippen LogP contribution in [0, 0.1) is 0 Å². The molecule has 1 amide bonds. The van der Waals surface area contributed by atoms with Crippen LogP contribution in [-0.4, -0.2) is 52.3 Å². The van der Waals surface area contributed by atoms with E-state index in [1.54, 1.807) is 15.6 Å². The van der Waals surface area contributed by atoms with Gasteiger partial charge in [0.2, 0.25) is 0 Å². The quantitative estimate of drug-likeness (QED) is 0.866. The van der Waals surface area contributed by atoms with Gasteiger partial charge < -0.3 is 15.4 Å². The number of nitrogens with zero attached hydrogens (tertiary/aromatic N) is 3. The van der Waals surface area contributed by atoms with E-state index in [9.17, 15) is 4.79 Å². The predicted octanol–water partition coefficient (Wildman–Crippen LogP) is 0.522. The SMILES string of the molecule is CC(N)C1CN(C(=O)c2cnn3ccccc23)CCO1. The molecule has 0 aliphatic carbocycles. The Morgan fingerprint density at radius 3 is 3.20 bits per heavy atom. The van der Waals surface area contributed by atoms with Crippen molar-refractivity contribution in [2.45, 2.75) is 19.1 Å². The maximum Gasteiger partial charge on any atom is 0.257 e. The number of carbonyl (C=O) groups excluding carboxylic acids is 1. The number of hydrogen-bond acceptors (Lipinski definition) is 4. The van der Waals surface area contributed by atoms with E-state index in [4.69, 9.17) is 10.5 Å². The lowest BCUT2D eigenvalue weighted by molar-refractivity contribution is -0.0299. The third kappa shape index (κ3) is 2.28. The van der Waals surface area contributed by atoms with Crippen LogP contribution >= 0.6 is 0 Å². The Labute approximate surface area is 117 Å². The first kappa shape index (κ1) is 13.1. The van der Waals surface area contributed by atoms with Gasteiger partial charge in [0.25, 0.3) is 5.91 Å². The van der Waals surface area contributed by atoms with Crippen LogP contribution in [0.1, 0.15) is 17.3 Å². The van der Waals surface area contributed by atoms with Gasteiger partial charge in [-0.05, 0) is 19.1 Å². The third-order valence-corrected chi connectivity index (χ3v) is 3.62. The molecular weight excluding hydrogens is 256 g/mol. The summed E-state index contributed by atoms with van der Waals surface area (Å²) >= 11 is 0. The first-order valence-electron chi connectivity index (χ1n) is 6.75. The van der Waals surface area contributed by atoms with Crippen LogP contribution in [0.3, 0.4) is 0 Å². The maximum absolute atomic E-state index is 12.6. The summed E-state index contributed by atoms with van der Waals surface area (Å²) in [7, 11) is 0. The molecule has 0 aromatic carbocycles. The van der Waals surface area contributed by atoms with E-state index in [0.29, 0.717) is 25.3 Å². The van der Waals surface area contributed by atoms with Gasteiger partial charge >= 0.3 is 0 Å². The van der Waals surface area contributed by atoms with Gasteiger partial charge in [-0.1, -0.05) is 6.07 Å². The summed E-state index contributed by atoms with van der Waals surface area (Å²) in [5, 5.41) is 4.20. The molecule has 1 aliphatic heterocycles. The highest BCUT2D eigenvalue weighted by Crippen LogP contribution is 2.16. The number of nitrogens with two attached hydrogens (primary N) is 1. The number of carbonyl (C=O) groups is 1. The molecule has 106 valence electrons. The van der Waals surface area contributed by atoms with Crippen molar-refractivity contribution in [3.05, 3.63) is 36.2 Å². The molecule has 2 unspecified atom stereocenters. The highest BCUT2D eigenvalue weighted by Gasteiger charge is 2.28. The van der Waals surface area contributed by atoms with Crippen molar-refractivity contribution < 1.29 is 9.53 Å². The number of hydrogen-bond donors (Lipinski definition) is 1. The average molecular weight is 274 g/mol. The Morgan fingerprint density at radius 1 is 1.55 bits per heavy atom. The Hall–Kier alpha value is -1.92. The lowest BCUT2D eigenvalue weighted by Gasteiger charge is -2.34. The molecule has 0 radical (unpaired) electrons. The first-order chi connectivity index (χ1) is 9.66. The normalized spacial score (nSPS) is 21.1. The predicted molar refractivity (Wildman–Crippen MR) is 74.5 cm³/mol. The van der Waals surface area contributed by atoms with Crippen molar-refractivity contribution in [3.8, 4) is 0 Å². The molecule has 6 nitrogen and oxygen atoms in total. The molecule has 0 spiro atoms. The fraction of sp³-hybridized carbons (Fsp3) is 0.429. The van der Waals surface area contributed by atoms with Crippen molar-refractivity contribution in [1.82, 2.24) is 14.5 Å². The van der Waals surface area contributed by atoms with E-state index in [0.717, 1.165) is 5.52 Å². The maximum atomic E-state index is 12.6. The van der Waals surface area contributed by atoms with Crippen molar-refractivity contribution in [3.63, 3.8) is 0 Å². The van der Waals surface area contributed by atoms with E-state index < -0.39 is 0 Å². The Kier molecular flexibility index (Phi) is 3.42. The van der Waals surface area contributed by atoms with Crippen molar-refractivity contribution >= 4 is 11.4 Å². The summed E-state index contributed by atoms with van der Waals surface area (Å²) in [6.45, 7) is 3.54. The van der Waals surface area contributed by atoms with E-state index >= 15 is 0 Å². The zero-order chi connectivity index (χ0) is 14.1. The van der Waals surface area contributed by atoms with E-state index in [-0.39, 0.29) is 18.1 Å². The van der Waals surface area contributed by atoms with Crippen LogP contribution in [0.4, 0.5) is 0 Å². The molecule has 2 aromatic rings. The second-order valence-electron chi connectivity index (χ2n) is 5.11. The van der Waals surface area contributed by atoms with Gasteiger partial charge in [0.1, 0.15) is 0 Å².